The van der Waals surface area contributed by atoms with Gasteiger partial charge in [0.1, 0.15) is 5.82 Å². The minimum absolute atomic E-state index is 0.248. The summed E-state index contributed by atoms with van der Waals surface area (Å²) < 4.78 is 1.98. The van der Waals surface area contributed by atoms with Crippen molar-refractivity contribution in [3.8, 4) is 0 Å². The summed E-state index contributed by atoms with van der Waals surface area (Å²) >= 11 is 0. The SMILES string of the molecule is Cn1c(CNC(=O)Nc2cccc3ccccc23)nnc1C1CC1. The monoisotopic (exact) mass is 321 g/mol. The molecule has 2 N–H and O–H groups in total. The van der Waals surface area contributed by atoms with Gasteiger partial charge in [-0.1, -0.05) is 36.4 Å². The van der Waals surface area contributed by atoms with E-state index in [1.165, 1.54) is 12.8 Å². The van der Waals surface area contributed by atoms with E-state index in [4.69, 9.17) is 0 Å². The average molecular weight is 321 g/mol. The zero-order chi connectivity index (χ0) is 16.5. The van der Waals surface area contributed by atoms with Crippen LogP contribution in [0.5, 0.6) is 0 Å². The summed E-state index contributed by atoms with van der Waals surface area (Å²) in [4.78, 5) is 12.2. The highest BCUT2D eigenvalue weighted by Crippen LogP contribution is 2.38. The van der Waals surface area contributed by atoms with Crippen molar-refractivity contribution < 1.29 is 4.79 Å². The minimum Gasteiger partial charge on any atom is -0.331 e. The van der Waals surface area contributed by atoms with E-state index in [0.29, 0.717) is 12.5 Å². The smallest absolute Gasteiger partial charge is 0.319 e. The zero-order valence-electron chi connectivity index (χ0n) is 13.5. The molecule has 2 aromatic carbocycles. The van der Waals surface area contributed by atoms with Crippen molar-refractivity contribution in [1.82, 2.24) is 20.1 Å². The molecule has 0 aliphatic heterocycles. The van der Waals surface area contributed by atoms with E-state index >= 15 is 0 Å². The van der Waals surface area contributed by atoms with E-state index in [1.807, 2.05) is 54.1 Å². The molecule has 1 aliphatic carbocycles. The number of anilines is 1. The molecule has 0 atom stereocenters. The first-order valence-electron chi connectivity index (χ1n) is 8.13. The van der Waals surface area contributed by atoms with Crippen LogP contribution >= 0.6 is 0 Å². The molecule has 0 unspecified atom stereocenters. The lowest BCUT2D eigenvalue weighted by Crippen LogP contribution is -2.29. The second-order valence-corrected chi connectivity index (χ2v) is 6.14. The first-order chi connectivity index (χ1) is 11.7. The Morgan fingerprint density at radius 1 is 1.17 bits per heavy atom. The van der Waals surface area contributed by atoms with Crippen LogP contribution in [0.3, 0.4) is 0 Å². The maximum atomic E-state index is 12.2. The van der Waals surface area contributed by atoms with Crippen molar-refractivity contribution in [2.75, 3.05) is 5.32 Å². The largest absolute Gasteiger partial charge is 0.331 e. The second-order valence-electron chi connectivity index (χ2n) is 6.14. The molecule has 1 saturated carbocycles. The van der Waals surface area contributed by atoms with E-state index in [9.17, 15) is 4.79 Å². The molecule has 1 aromatic heterocycles. The standard InChI is InChI=1S/C18H19N5O/c1-23-16(21-22-17(23)13-9-10-13)11-19-18(24)20-15-8-4-6-12-5-2-3-7-14(12)15/h2-8,13H,9-11H2,1H3,(H2,19,20,24). The number of urea groups is 1. The molecule has 24 heavy (non-hydrogen) atoms. The molecule has 2 amide bonds. The van der Waals surface area contributed by atoms with Crippen LogP contribution in [-0.4, -0.2) is 20.8 Å². The third-order valence-electron chi connectivity index (χ3n) is 4.39. The van der Waals surface area contributed by atoms with Crippen molar-refractivity contribution in [3.05, 3.63) is 54.1 Å². The Morgan fingerprint density at radius 3 is 2.79 bits per heavy atom. The number of hydrogen-bond donors (Lipinski definition) is 2. The fourth-order valence-corrected chi connectivity index (χ4v) is 2.89. The minimum atomic E-state index is -0.248. The van der Waals surface area contributed by atoms with Crippen LogP contribution in [-0.2, 0) is 13.6 Å². The van der Waals surface area contributed by atoms with Crippen molar-refractivity contribution in [2.45, 2.75) is 25.3 Å². The first-order valence-corrected chi connectivity index (χ1v) is 8.13. The van der Waals surface area contributed by atoms with Gasteiger partial charge in [0, 0.05) is 18.4 Å². The first kappa shape index (κ1) is 14.7. The fourth-order valence-electron chi connectivity index (χ4n) is 2.89. The maximum Gasteiger partial charge on any atom is 0.319 e. The van der Waals surface area contributed by atoms with Crippen LogP contribution in [0.2, 0.25) is 0 Å². The van der Waals surface area contributed by atoms with Gasteiger partial charge in [0.15, 0.2) is 5.82 Å². The number of carbonyl (C=O) groups is 1. The zero-order valence-corrected chi connectivity index (χ0v) is 13.5. The molecule has 3 aromatic rings. The van der Waals surface area contributed by atoms with E-state index in [-0.39, 0.29) is 6.03 Å². The molecule has 0 bridgehead atoms. The van der Waals surface area contributed by atoms with E-state index in [1.54, 1.807) is 0 Å². The maximum absolute atomic E-state index is 12.2. The Morgan fingerprint density at radius 2 is 1.96 bits per heavy atom. The van der Waals surface area contributed by atoms with Gasteiger partial charge >= 0.3 is 6.03 Å². The van der Waals surface area contributed by atoms with Gasteiger partial charge in [-0.05, 0) is 24.3 Å². The molecule has 6 heteroatoms. The van der Waals surface area contributed by atoms with Crippen LogP contribution in [0.25, 0.3) is 10.8 Å². The lowest BCUT2D eigenvalue weighted by atomic mass is 10.1. The molecule has 0 saturated heterocycles. The van der Waals surface area contributed by atoms with Gasteiger partial charge in [0.05, 0.1) is 12.2 Å². The average Bonchev–Trinajstić information content (AvgIpc) is 3.37. The highest BCUT2D eigenvalue weighted by atomic mass is 16.2. The Bertz CT molecular complexity index is 892. The highest BCUT2D eigenvalue weighted by molar-refractivity contribution is 6.01. The summed E-state index contributed by atoms with van der Waals surface area (Å²) in [5, 5.41) is 16.3. The van der Waals surface area contributed by atoms with Gasteiger partial charge in [0.2, 0.25) is 0 Å². The Hall–Kier alpha value is -2.89. The summed E-state index contributed by atoms with van der Waals surface area (Å²) in [6.07, 6.45) is 2.36. The summed E-state index contributed by atoms with van der Waals surface area (Å²) in [7, 11) is 1.95. The third kappa shape index (κ3) is 2.82. The van der Waals surface area contributed by atoms with Gasteiger partial charge < -0.3 is 15.2 Å². The Kier molecular flexibility index (Phi) is 3.65. The van der Waals surface area contributed by atoms with E-state index in [0.717, 1.165) is 28.1 Å². The van der Waals surface area contributed by atoms with Crippen LogP contribution in [0.1, 0.15) is 30.4 Å². The number of hydrogen-bond acceptors (Lipinski definition) is 3. The van der Waals surface area contributed by atoms with Gasteiger partial charge in [-0.25, -0.2) is 4.79 Å². The van der Waals surface area contributed by atoms with Crippen LogP contribution in [0.15, 0.2) is 42.5 Å². The summed E-state index contributed by atoms with van der Waals surface area (Å²) in [5.41, 5.74) is 0.794. The number of nitrogens with zero attached hydrogens (tertiary/aromatic N) is 3. The Balaban J connectivity index is 1.43. The van der Waals surface area contributed by atoms with E-state index in [2.05, 4.69) is 20.8 Å². The highest BCUT2D eigenvalue weighted by Gasteiger charge is 2.29. The van der Waals surface area contributed by atoms with Crippen LogP contribution in [0, 0.1) is 0 Å². The molecule has 1 heterocycles. The van der Waals surface area contributed by atoms with Crippen molar-refractivity contribution in [3.63, 3.8) is 0 Å². The number of fused-ring (bicyclic) bond motifs is 1. The lowest BCUT2D eigenvalue weighted by Gasteiger charge is -2.10. The second kappa shape index (κ2) is 5.96. The molecule has 1 fully saturated rings. The molecular formula is C18H19N5O. The number of amides is 2. The third-order valence-corrected chi connectivity index (χ3v) is 4.39. The lowest BCUT2D eigenvalue weighted by molar-refractivity contribution is 0.251. The topological polar surface area (TPSA) is 71.8 Å². The van der Waals surface area contributed by atoms with Gasteiger partial charge in [-0.2, -0.15) is 0 Å². The fraction of sp³-hybridized carbons (Fsp3) is 0.278. The predicted molar refractivity (Wildman–Crippen MR) is 92.8 cm³/mol. The van der Waals surface area contributed by atoms with Crippen LogP contribution in [0.4, 0.5) is 10.5 Å². The Labute approximate surface area is 139 Å². The quantitative estimate of drug-likeness (QED) is 0.775. The number of aromatic nitrogens is 3. The molecule has 1 aliphatic rings. The molecule has 0 radical (unpaired) electrons. The van der Waals surface area contributed by atoms with Crippen molar-refractivity contribution >= 4 is 22.5 Å². The molecular weight excluding hydrogens is 302 g/mol. The summed E-state index contributed by atoms with van der Waals surface area (Å²) in [5.74, 6) is 2.33. The van der Waals surface area contributed by atoms with Gasteiger partial charge in [-0.3, -0.25) is 0 Å². The number of nitrogens with one attached hydrogen (secondary N) is 2. The molecule has 4 rings (SSSR count). The van der Waals surface area contributed by atoms with Crippen molar-refractivity contribution in [2.24, 2.45) is 7.05 Å². The van der Waals surface area contributed by atoms with E-state index < -0.39 is 0 Å². The van der Waals surface area contributed by atoms with Crippen molar-refractivity contribution in [1.29, 1.82) is 0 Å². The predicted octanol–water partition coefficient (Wildman–Crippen LogP) is 3.17. The number of rotatable bonds is 4. The number of carbonyl (C=O) groups excluding carboxylic acids is 1. The normalized spacial score (nSPS) is 13.9. The molecule has 0 spiro atoms. The molecule has 6 nitrogen and oxygen atoms in total. The number of benzene rings is 2. The summed E-state index contributed by atoms with van der Waals surface area (Å²) in [6.45, 7) is 0.354. The molecule has 122 valence electrons. The van der Waals surface area contributed by atoms with Gasteiger partial charge in [-0.15, -0.1) is 10.2 Å². The van der Waals surface area contributed by atoms with Crippen LogP contribution < -0.4 is 10.6 Å². The summed E-state index contributed by atoms with van der Waals surface area (Å²) in [6, 6.07) is 13.6. The van der Waals surface area contributed by atoms with Gasteiger partial charge in [0.25, 0.3) is 0 Å².